The highest BCUT2D eigenvalue weighted by Crippen LogP contribution is 2.38. The zero-order valence-electron chi connectivity index (χ0n) is 12.5. The summed E-state index contributed by atoms with van der Waals surface area (Å²) < 4.78 is 15.5. The molecule has 5 nitrogen and oxygen atoms in total. The third-order valence-electron chi connectivity index (χ3n) is 4.16. The van der Waals surface area contributed by atoms with E-state index in [1.807, 2.05) is 6.20 Å². The summed E-state index contributed by atoms with van der Waals surface area (Å²) in [5.41, 5.74) is 0.742. The minimum atomic E-state index is -0.620. The van der Waals surface area contributed by atoms with E-state index in [1.165, 1.54) is 18.2 Å². The first-order valence-corrected chi connectivity index (χ1v) is 7.74. The molecule has 3 rings (SSSR count). The number of carbonyl (C=O) groups excluding carboxylic acids is 1. The van der Waals surface area contributed by atoms with Crippen molar-refractivity contribution < 1.29 is 14.3 Å². The van der Waals surface area contributed by atoms with Crippen molar-refractivity contribution in [2.45, 2.75) is 25.0 Å². The maximum Gasteiger partial charge on any atom is 0.254 e. The number of aryl methyl sites for hydroxylation is 1. The van der Waals surface area contributed by atoms with Gasteiger partial charge in [0.1, 0.15) is 5.82 Å². The van der Waals surface area contributed by atoms with Crippen LogP contribution in [0.5, 0.6) is 0 Å². The van der Waals surface area contributed by atoms with Crippen LogP contribution in [0.3, 0.4) is 0 Å². The van der Waals surface area contributed by atoms with Gasteiger partial charge in [0, 0.05) is 23.8 Å². The van der Waals surface area contributed by atoms with E-state index in [-0.39, 0.29) is 23.6 Å². The normalized spacial score (nSPS) is 21.6. The maximum atomic E-state index is 13.9. The van der Waals surface area contributed by atoms with Crippen LogP contribution in [0.4, 0.5) is 4.39 Å². The lowest BCUT2D eigenvalue weighted by atomic mass is 9.75. The summed E-state index contributed by atoms with van der Waals surface area (Å²) in [6, 6.07) is 3.55. The molecule has 7 heteroatoms. The van der Waals surface area contributed by atoms with Crippen LogP contribution in [0, 0.1) is 11.7 Å². The number of aliphatic hydroxyl groups excluding tert-OH is 1. The first kappa shape index (κ1) is 16.0. The van der Waals surface area contributed by atoms with Gasteiger partial charge >= 0.3 is 0 Å². The lowest BCUT2D eigenvalue weighted by Gasteiger charge is -2.37. The molecule has 0 unspecified atom stereocenters. The van der Waals surface area contributed by atoms with Gasteiger partial charge in [0.25, 0.3) is 5.91 Å². The number of benzene rings is 1. The van der Waals surface area contributed by atoms with Gasteiger partial charge in [-0.1, -0.05) is 11.6 Å². The van der Waals surface area contributed by atoms with Gasteiger partial charge in [-0.3, -0.25) is 9.48 Å². The molecule has 1 aliphatic rings. The fourth-order valence-corrected chi connectivity index (χ4v) is 3.04. The molecule has 0 aliphatic heterocycles. The smallest absolute Gasteiger partial charge is 0.254 e. The van der Waals surface area contributed by atoms with Crippen molar-refractivity contribution in [1.29, 1.82) is 0 Å². The van der Waals surface area contributed by atoms with Crippen LogP contribution in [0.1, 0.15) is 34.8 Å². The van der Waals surface area contributed by atoms with Gasteiger partial charge in [0.05, 0.1) is 23.9 Å². The second kappa shape index (κ2) is 6.29. The predicted molar refractivity (Wildman–Crippen MR) is 83.6 cm³/mol. The number of nitrogens with one attached hydrogen (secondary N) is 1. The third-order valence-corrected chi connectivity index (χ3v) is 4.40. The Bertz CT molecular complexity index is 728. The van der Waals surface area contributed by atoms with E-state index in [0.29, 0.717) is 17.9 Å². The predicted octanol–water partition coefficient (Wildman–Crippen LogP) is 2.45. The minimum absolute atomic E-state index is 0.0914. The van der Waals surface area contributed by atoms with Crippen molar-refractivity contribution in [2.75, 3.05) is 0 Å². The minimum Gasteiger partial charge on any atom is -0.393 e. The van der Waals surface area contributed by atoms with Crippen molar-refractivity contribution in [3.63, 3.8) is 0 Å². The molecule has 2 N–H and O–H groups in total. The number of hydrogen-bond acceptors (Lipinski definition) is 3. The van der Waals surface area contributed by atoms with E-state index in [0.717, 1.165) is 5.56 Å². The molecular weight excluding hydrogens is 321 g/mol. The van der Waals surface area contributed by atoms with Gasteiger partial charge in [-0.2, -0.15) is 5.10 Å². The fourth-order valence-electron chi connectivity index (χ4n) is 2.87. The Hall–Kier alpha value is -1.92. The summed E-state index contributed by atoms with van der Waals surface area (Å²) >= 11 is 5.84. The van der Waals surface area contributed by atoms with Crippen LogP contribution in [-0.2, 0) is 7.05 Å². The van der Waals surface area contributed by atoms with Crippen LogP contribution in [0.25, 0.3) is 0 Å². The van der Waals surface area contributed by atoms with Crippen LogP contribution >= 0.6 is 11.6 Å². The first-order chi connectivity index (χ1) is 10.9. The van der Waals surface area contributed by atoms with Crippen molar-refractivity contribution >= 4 is 17.5 Å². The van der Waals surface area contributed by atoms with Crippen molar-refractivity contribution in [3.8, 4) is 0 Å². The molecule has 0 radical (unpaired) electrons. The molecule has 122 valence electrons. The average molecular weight is 338 g/mol. The van der Waals surface area contributed by atoms with E-state index >= 15 is 0 Å². The molecule has 0 spiro atoms. The molecule has 1 fully saturated rings. The van der Waals surface area contributed by atoms with Gasteiger partial charge < -0.3 is 10.4 Å². The SMILES string of the molecule is Cn1cc([C@@H](NC(=O)c2cc(Cl)ccc2F)C2CC(O)C2)cn1. The zero-order valence-corrected chi connectivity index (χ0v) is 13.3. The number of aromatic nitrogens is 2. The molecule has 1 aromatic heterocycles. The summed E-state index contributed by atoms with van der Waals surface area (Å²) in [7, 11) is 1.79. The molecule has 1 amide bonds. The van der Waals surface area contributed by atoms with E-state index in [2.05, 4.69) is 10.4 Å². The van der Waals surface area contributed by atoms with Crippen molar-refractivity contribution in [3.05, 3.63) is 52.6 Å². The Labute approximate surface area is 138 Å². The van der Waals surface area contributed by atoms with Gasteiger partial charge in [0.15, 0.2) is 0 Å². The van der Waals surface area contributed by atoms with Gasteiger partial charge in [-0.15, -0.1) is 0 Å². The third kappa shape index (κ3) is 3.38. The molecule has 0 bridgehead atoms. The van der Waals surface area contributed by atoms with Gasteiger partial charge in [-0.25, -0.2) is 4.39 Å². The highest BCUT2D eigenvalue weighted by atomic mass is 35.5. The maximum absolute atomic E-state index is 13.9. The molecule has 23 heavy (non-hydrogen) atoms. The summed E-state index contributed by atoms with van der Waals surface area (Å²) in [5, 5.41) is 16.8. The molecule has 0 saturated heterocycles. The Morgan fingerprint density at radius 2 is 2.26 bits per heavy atom. The molecule has 1 aliphatic carbocycles. The lowest BCUT2D eigenvalue weighted by molar-refractivity contribution is 0.0234. The van der Waals surface area contributed by atoms with Crippen LogP contribution in [0.15, 0.2) is 30.6 Å². The Kier molecular flexibility index (Phi) is 4.37. The highest BCUT2D eigenvalue weighted by Gasteiger charge is 2.36. The quantitative estimate of drug-likeness (QED) is 0.900. The molecule has 1 atom stereocenters. The Morgan fingerprint density at radius 3 is 2.87 bits per heavy atom. The summed E-state index contributed by atoms with van der Waals surface area (Å²) in [6.45, 7) is 0. The van der Waals surface area contributed by atoms with Crippen LogP contribution < -0.4 is 5.32 Å². The standard InChI is InChI=1S/C16H17ClFN3O2/c1-21-8-10(7-19-21)15(9-4-12(22)5-9)20-16(23)13-6-11(17)2-3-14(13)18/h2-3,6-9,12,15,22H,4-5H2,1H3,(H,20,23)/t9?,12?,15-/m0/s1. The first-order valence-electron chi connectivity index (χ1n) is 7.36. The van der Waals surface area contributed by atoms with Crippen molar-refractivity contribution in [1.82, 2.24) is 15.1 Å². The van der Waals surface area contributed by atoms with Gasteiger partial charge in [-0.05, 0) is 37.0 Å². The highest BCUT2D eigenvalue weighted by molar-refractivity contribution is 6.31. The molecular formula is C16H17ClFN3O2. The van der Waals surface area contributed by atoms with E-state index in [4.69, 9.17) is 11.6 Å². The monoisotopic (exact) mass is 337 g/mol. The second-order valence-electron chi connectivity index (χ2n) is 5.91. The summed E-state index contributed by atoms with van der Waals surface area (Å²) in [6.07, 6.45) is 4.32. The largest absolute Gasteiger partial charge is 0.393 e. The summed E-state index contributed by atoms with van der Waals surface area (Å²) in [4.78, 5) is 12.4. The molecule has 1 aromatic carbocycles. The van der Waals surface area contributed by atoms with E-state index in [1.54, 1.807) is 17.9 Å². The fraction of sp³-hybridized carbons (Fsp3) is 0.375. The number of rotatable bonds is 4. The number of halogens is 2. The van der Waals surface area contributed by atoms with E-state index in [9.17, 15) is 14.3 Å². The zero-order chi connectivity index (χ0) is 16.6. The number of carbonyl (C=O) groups is 1. The number of hydrogen-bond donors (Lipinski definition) is 2. The van der Waals surface area contributed by atoms with Crippen molar-refractivity contribution in [2.24, 2.45) is 13.0 Å². The average Bonchev–Trinajstić information content (AvgIpc) is 2.90. The second-order valence-corrected chi connectivity index (χ2v) is 6.34. The summed E-state index contributed by atoms with van der Waals surface area (Å²) in [5.74, 6) is -1.05. The Balaban J connectivity index is 1.83. The Morgan fingerprint density at radius 1 is 1.52 bits per heavy atom. The van der Waals surface area contributed by atoms with Crippen LogP contribution in [-0.4, -0.2) is 26.9 Å². The molecule has 1 saturated carbocycles. The van der Waals surface area contributed by atoms with Crippen LogP contribution in [0.2, 0.25) is 5.02 Å². The number of aliphatic hydroxyl groups is 1. The lowest BCUT2D eigenvalue weighted by Crippen LogP contribution is -2.41. The molecule has 2 aromatic rings. The van der Waals surface area contributed by atoms with E-state index < -0.39 is 11.7 Å². The topological polar surface area (TPSA) is 67.2 Å². The molecule has 1 heterocycles. The number of nitrogens with zero attached hydrogens (tertiary/aromatic N) is 2. The number of amides is 1. The van der Waals surface area contributed by atoms with Gasteiger partial charge in [0.2, 0.25) is 0 Å².